The van der Waals surface area contributed by atoms with Crippen molar-refractivity contribution in [2.75, 3.05) is 14.2 Å². The number of fused-ring (bicyclic) bond motifs is 1. The fourth-order valence-corrected chi connectivity index (χ4v) is 2.92. The molecular formula is C19H20N2O2. The molecular weight excluding hydrogens is 288 g/mol. The molecule has 4 heteroatoms. The summed E-state index contributed by atoms with van der Waals surface area (Å²) >= 11 is 0. The number of methoxy groups -OCH3 is 1. The molecule has 0 radical (unpaired) electrons. The molecule has 23 heavy (non-hydrogen) atoms. The number of nitrogens with one attached hydrogen (secondary N) is 2. The SMILES string of the molecule is CNC(=O)CC(c1ccccc1)c1cc(OC)c2[nH]ccc2c1. The Hall–Kier alpha value is -2.75. The zero-order valence-electron chi connectivity index (χ0n) is 13.3. The molecule has 1 heterocycles. The third-order valence-corrected chi connectivity index (χ3v) is 4.14. The summed E-state index contributed by atoms with van der Waals surface area (Å²) in [6.07, 6.45) is 2.30. The molecule has 3 aromatic rings. The van der Waals surface area contributed by atoms with Gasteiger partial charge in [0.2, 0.25) is 5.91 Å². The Kier molecular flexibility index (Phi) is 4.33. The van der Waals surface area contributed by atoms with Crippen LogP contribution in [0.5, 0.6) is 5.75 Å². The number of amides is 1. The van der Waals surface area contributed by atoms with E-state index in [1.54, 1.807) is 14.2 Å². The van der Waals surface area contributed by atoms with Crippen molar-refractivity contribution in [3.05, 3.63) is 65.9 Å². The second-order valence-corrected chi connectivity index (χ2v) is 5.51. The molecule has 0 aliphatic carbocycles. The maximum Gasteiger partial charge on any atom is 0.220 e. The van der Waals surface area contributed by atoms with Gasteiger partial charge >= 0.3 is 0 Å². The van der Waals surface area contributed by atoms with Crippen LogP contribution in [0.1, 0.15) is 23.5 Å². The predicted molar refractivity (Wildman–Crippen MR) is 91.8 cm³/mol. The highest BCUT2D eigenvalue weighted by Crippen LogP contribution is 2.34. The fraction of sp³-hybridized carbons (Fsp3) is 0.211. The molecule has 0 saturated heterocycles. The number of H-pyrrole nitrogens is 1. The van der Waals surface area contributed by atoms with Crippen molar-refractivity contribution in [1.29, 1.82) is 0 Å². The fourth-order valence-electron chi connectivity index (χ4n) is 2.92. The Morgan fingerprint density at radius 1 is 1.17 bits per heavy atom. The first-order chi connectivity index (χ1) is 11.2. The Labute approximate surface area is 135 Å². The van der Waals surface area contributed by atoms with Gasteiger partial charge in [-0.2, -0.15) is 0 Å². The number of ether oxygens (including phenoxy) is 1. The zero-order valence-corrected chi connectivity index (χ0v) is 13.3. The average molecular weight is 308 g/mol. The third kappa shape index (κ3) is 3.06. The Balaban J connectivity index is 2.10. The summed E-state index contributed by atoms with van der Waals surface area (Å²) in [4.78, 5) is 15.2. The molecule has 4 nitrogen and oxygen atoms in total. The minimum atomic E-state index is -0.00986. The summed E-state index contributed by atoms with van der Waals surface area (Å²) in [5.41, 5.74) is 3.17. The van der Waals surface area contributed by atoms with Crippen molar-refractivity contribution in [3.63, 3.8) is 0 Å². The highest BCUT2D eigenvalue weighted by Gasteiger charge is 2.19. The minimum absolute atomic E-state index is 0.00986. The second kappa shape index (κ2) is 6.57. The van der Waals surface area contributed by atoms with Crippen LogP contribution in [0.3, 0.4) is 0 Å². The molecule has 2 aromatic carbocycles. The third-order valence-electron chi connectivity index (χ3n) is 4.14. The predicted octanol–water partition coefficient (Wildman–Crippen LogP) is 3.44. The van der Waals surface area contributed by atoms with Crippen molar-refractivity contribution in [2.24, 2.45) is 0 Å². The normalized spacial score (nSPS) is 12.1. The quantitative estimate of drug-likeness (QED) is 0.758. The van der Waals surface area contributed by atoms with Crippen LogP contribution in [-0.2, 0) is 4.79 Å². The van der Waals surface area contributed by atoms with Crippen molar-refractivity contribution >= 4 is 16.8 Å². The summed E-state index contributed by atoms with van der Waals surface area (Å²) in [6, 6.07) is 16.2. The standard InChI is InChI=1S/C19H20N2O2/c1-20-18(22)12-16(13-6-4-3-5-7-13)15-10-14-8-9-21-19(14)17(11-15)23-2/h3-11,16,21H,12H2,1-2H3,(H,20,22). The molecule has 118 valence electrons. The van der Waals surface area contributed by atoms with Crippen LogP contribution < -0.4 is 10.1 Å². The number of carbonyl (C=O) groups excluding carboxylic acids is 1. The number of hydrogen-bond acceptors (Lipinski definition) is 2. The van der Waals surface area contributed by atoms with Crippen molar-refractivity contribution in [1.82, 2.24) is 10.3 Å². The number of hydrogen-bond donors (Lipinski definition) is 2. The van der Waals surface area contributed by atoms with Crippen LogP contribution in [0.4, 0.5) is 0 Å². The van der Waals surface area contributed by atoms with Gasteiger partial charge in [-0.25, -0.2) is 0 Å². The van der Waals surface area contributed by atoms with Gasteiger partial charge < -0.3 is 15.0 Å². The Bertz CT molecular complexity index is 809. The molecule has 3 rings (SSSR count). The number of rotatable bonds is 5. The van der Waals surface area contributed by atoms with Gasteiger partial charge in [0.25, 0.3) is 0 Å². The van der Waals surface area contributed by atoms with Gasteiger partial charge in [0, 0.05) is 31.0 Å². The van der Waals surface area contributed by atoms with Crippen LogP contribution in [-0.4, -0.2) is 25.0 Å². The summed E-state index contributed by atoms with van der Waals surface area (Å²) in [6.45, 7) is 0. The molecule has 0 spiro atoms. The molecule has 0 saturated carbocycles. The van der Waals surface area contributed by atoms with Gasteiger partial charge in [0.1, 0.15) is 5.75 Å². The summed E-state index contributed by atoms with van der Waals surface area (Å²) in [5.74, 6) is 0.802. The molecule has 0 fully saturated rings. The minimum Gasteiger partial charge on any atom is -0.495 e. The molecule has 1 aromatic heterocycles. The molecule has 0 bridgehead atoms. The number of aromatic amines is 1. The maximum atomic E-state index is 12.0. The van der Waals surface area contributed by atoms with E-state index >= 15 is 0 Å². The van der Waals surface area contributed by atoms with Crippen molar-refractivity contribution < 1.29 is 9.53 Å². The van der Waals surface area contributed by atoms with Crippen LogP contribution >= 0.6 is 0 Å². The largest absolute Gasteiger partial charge is 0.495 e. The second-order valence-electron chi connectivity index (χ2n) is 5.51. The highest BCUT2D eigenvalue weighted by atomic mass is 16.5. The van der Waals surface area contributed by atoms with Crippen LogP contribution in [0.15, 0.2) is 54.7 Å². The average Bonchev–Trinajstić information content (AvgIpc) is 3.07. The summed E-state index contributed by atoms with van der Waals surface area (Å²) in [5, 5.41) is 3.80. The lowest BCUT2D eigenvalue weighted by Gasteiger charge is -2.18. The van der Waals surface area contributed by atoms with Crippen LogP contribution in [0, 0.1) is 0 Å². The molecule has 2 N–H and O–H groups in total. The van der Waals surface area contributed by atoms with Crippen molar-refractivity contribution in [3.8, 4) is 5.75 Å². The highest BCUT2D eigenvalue weighted by molar-refractivity contribution is 5.86. The molecule has 1 atom stereocenters. The number of aromatic nitrogens is 1. The first kappa shape index (κ1) is 15.2. The first-order valence-corrected chi connectivity index (χ1v) is 7.63. The van der Waals surface area contributed by atoms with Gasteiger partial charge in [-0.1, -0.05) is 30.3 Å². The van der Waals surface area contributed by atoms with Gasteiger partial charge in [0.15, 0.2) is 0 Å². The van der Waals surface area contributed by atoms with E-state index in [0.717, 1.165) is 27.8 Å². The lowest BCUT2D eigenvalue weighted by Crippen LogP contribution is -2.21. The van der Waals surface area contributed by atoms with E-state index in [1.807, 2.05) is 36.5 Å². The number of carbonyl (C=O) groups is 1. The summed E-state index contributed by atoms with van der Waals surface area (Å²) < 4.78 is 5.51. The van der Waals surface area contributed by atoms with Crippen molar-refractivity contribution in [2.45, 2.75) is 12.3 Å². The van der Waals surface area contributed by atoms with Gasteiger partial charge in [0.05, 0.1) is 12.6 Å². The van der Waals surface area contributed by atoms with Crippen LogP contribution in [0.25, 0.3) is 10.9 Å². The number of benzene rings is 2. The molecule has 0 aliphatic rings. The van der Waals surface area contributed by atoms with E-state index in [2.05, 4.69) is 28.5 Å². The first-order valence-electron chi connectivity index (χ1n) is 7.63. The van der Waals surface area contributed by atoms with Gasteiger partial charge in [-0.15, -0.1) is 0 Å². The topological polar surface area (TPSA) is 54.1 Å². The zero-order chi connectivity index (χ0) is 16.2. The molecule has 1 amide bonds. The maximum absolute atomic E-state index is 12.0. The van der Waals surface area contributed by atoms with E-state index in [4.69, 9.17) is 4.74 Å². The molecule has 0 aliphatic heterocycles. The summed E-state index contributed by atoms with van der Waals surface area (Å²) in [7, 11) is 3.33. The van der Waals surface area contributed by atoms with E-state index in [9.17, 15) is 4.79 Å². The lowest BCUT2D eigenvalue weighted by molar-refractivity contribution is -0.120. The smallest absolute Gasteiger partial charge is 0.220 e. The Morgan fingerprint density at radius 2 is 1.96 bits per heavy atom. The van der Waals surface area contributed by atoms with E-state index < -0.39 is 0 Å². The van der Waals surface area contributed by atoms with E-state index in [0.29, 0.717) is 6.42 Å². The van der Waals surface area contributed by atoms with Gasteiger partial charge in [-0.3, -0.25) is 4.79 Å². The van der Waals surface area contributed by atoms with E-state index in [1.165, 1.54) is 0 Å². The molecule has 1 unspecified atom stereocenters. The Morgan fingerprint density at radius 3 is 2.65 bits per heavy atom. The monoisotopic (exact) mass is 308 g/mol. The lowest BCUT2D eigenvalue weighted by atomic mass is 9.87. The van der Waals surface area contributed by atoms with Crippen LogP contribution in [0.2, 0.25) is 0 Å². The van der Waals surface area contributed by atoms with Gasteiger partial charge in [-0.05, 0) is 29.3 Å². The van der Waals surface area contributed by atoms with E-state index in [-0.39, 0.29) is 11.8 Å².